The van der Waals surface area contributed by atoms with Gasteiger partial charge in [0.25, 0.3) is 0 Å². The van der Waals surface area contributed by atoms with Crippen molar-refractivity contribution in [2.75, 3.05) is 7.11 Å². The summed E-state index contributed by atoms with van der Waals surface area (Å²) in [6.45, 7) is 4.65. The van der Waals surface area contributed by atoms with Crippen LogP contribution in [-0.4, -0.2) is 54.7 Å². The molecule has 2 rings (SSSR count). The van der Waals surface area contributed by atoms with Crippen LogP contribution in [0.5, 0.6) is 0 Å². The second-order valence-corrected chi connectivity index (χ2v) is 9.14. The van der Waals surface area contributed by atoms with Crippen LogP contribution in [0.1, 0.15) is 72.1 Å². The van der Waals surface area contributed by atoms with E-state index in [1.165, 1.54) is 21.0 Å². The first kappa shape index (κ1) is 28.1. The van der Waals surface area contributed by atoms with Crippen LogP contribution in [0.25, 0.3) is 0 Å². The zero-order valence-corrected chi connectivity index (χ0v) is 21.1. The molecule has 5 atom stereocenters. The molecule has 8 nitrogen and oxygen atoms in total. The molecule has 0 aromatic carbocycles. The number of carbonyl (C=O) groups is 4. The van der Waals surface area contributed by atoms with Gasteiger partial charge in [-0.3, -0.25) is 19.2 Å². The molecule has 1 saturated heterocycles. The van der Waals surface area contributed by atoms with Crippen LogP contribution < -0.4 is 0 Å². The van der Waals surface area contributed by atoms with Crippen molar-refractivity contribution in [2.24, 2.45) is 5.92 Å². The molecular formula is C25H35ClO8. The molecule has 0 spiro atoms. The molecule has 1 aliphatic carbocycles. The van der Waals surface area contributed by atoms with Crippen molar-refractivity contribution < 1.29 is 38.1 Å². The summed E-state index contributed by atoms with van der Waals surface area (Å²) in [5.74, 6) is -2.75. The van der Waals surface area contributed by atoms with Gasteiger partial charge < -0.3 is 18.9 Å². The van der Waals surface area contributed by atoms with Crippen LogP contribution in [0.4, 0.5) is 0 Å². The Hall–Kier alpha value is -2.19. The number of halogens is 1. The van der Waals surface area contributed by atoms with Gasteiger partial charge in [0.2, 0.25) is 0 Å². The number of fused-ring (bicyclic) bond motifs is 1. The van der Waals surface area contributed by atoms with Crippen molar-refractivity contribution in [1.82, 2.24) is 0 Å². The van der Waals surface area contributed by atoms with Gasteiger partial charge in [-0.1, -0.05) is 43.5 Å². The van der Waals surface area contributed by atoms with Gasteiger partial charge in [-0.2, -0.15) is 0 Å². The molecule has 0 radical (unpaired) electrons. The monoisotopic (exact) mass is 498 g/mol. The number of esters is 3. The van der Waals surface area contributed by atoms with Crippen molar-refractivity contribution in [2.45, 2.75) is 96.1 Å². The summed E-state index contributed by atoms with van der Waals surface area (Å²) in [4.78, 5) is 48.4. The molecule has 1 heterocycles. The minimum absolute atomic E-state index is 0.0368. The molecule has 34 heavy (non-hydrogen) atoms. The van der Waals surface area contributed by atoms with Crippen LogP contribution in [0.15, 0.2) is 23.3 Å². The van der Waals surface area contributed by atoms with Gasteiger partial charge >= 0.3 is 17.9 Å². The minimum atomic E-state index is -1.11. The number of hydrogen-bond donors (Lipinski definition) is 0. The van der Waals surface area contributed by atoms with Gasteiger partial charge in [-0.25, -0.2) is 0 Å². The Morgan fingerprint density at radius 1 is 1.18 bits per heavy atom. The SMILES string of the molecule is CCCCCC=CCC12C=C(Cl)C(=O)C1C(OC(C)=O)C(C(CCCC(=O)OC)OC(C)=O)O2. The maximum atomic E-state index is 13.0. The predicted octanol–water partition coefficient (Wildman–Crippen LogP) is 4.18. The number of unbranched alkanes of at least 4 members (excludes halogenated alkanes) is 3. The van der Waals surface area contributed by atoms with Gasteiger partial charge in [0.05, 0.1) is 18.1 Å². The van der Waals surface area contributed by atoms with Crippen LogP contribution in [0.3, 0.4) is 0 Å². The van der Waals surface area contributed by atoms with Gasteiger partial charge in [-0.05, 0) is 38.2 Å². The highest BCUT2D eigenvalue weighted by molar-refractivity contribution is 6.44. The second kappa shape index (κ2) is 13.0. The highest BCUT2D eigenvalue weighted by Crippen LogP contribution is 2.50. The van der Waals surface area contributed by atoms with Crippen LogP contribution in [0, 0.1) is 5.92 Å². The Balaban J connectivity index is 2.31. The average Bonchev–Trinajstić information content (AvgIpc) is 3.20. The Kier molecular flexibility index (Phi) is 10.8. The fourth-order valence-electron chi connectivity index (χ4n) is 4.59. The largest absolute Gasteiger partial charge is 0.469 e. The molecule has 1 aliphatic heterocycles. The summed E-state index contributed by atoms with van der Waals surface area (Å²) in [5, 5.41) is 0.0368. The standard InChI is InChI=1S/C25H35ClO8/c1-5-6-7-8-9-10-14-25-15-18(26)22(30)21(25)24(33-17(3)28)23(34-25)19(32-16(2)27)12-11-13-20(29)31-4/h9-10,15,19,21,23-24H,5-8,11-14H2,1-4H3. The second-order valence-electron chi connectivity index (χ2n) is 8.73. The molecule has 0 amide bonds. The summed E-state index contributed by atoms with van der Waals surface area (Å²) in [5.41, 5.74) is -1.11. The number of ether oxygens (including phenoxy) is 4. The summed E-state index contributed by atoms with van der Waals surface area (Å²) >= 11 is 6.21. The summed E-state index contributed by atoms with van der Waals surface area (Å²) < 4.78 is 22.2. The fraction of sp³-hybridized carbons (Fsp3) is 0.680. The summed E-state index contributed by atoms with van der Waals surface area (Å²) in [7, 11) is 1.30. The fourth-order valence-corrected chi connectivity index (χ4v) is 4.89. The van der Waals surface area contributed by atoms with Crippen molar-refractivity contribution in [3.05, 3.63) is 23.3 Å². The molecular weight excluding hydrogens is 464 g/mol. The molecule has 0 bridgehead atoms. The summed E-state index contributed by atoms with van der Waals surface area (Å²) in [6.07, 6.45) is 8.17. The van der Waals surface area contributed by atoms with E-state index in [1.807, 2.05) is 12.2 Å². The van der Waals surface area contributed by atoms with E-state index in [4.69, 9.17) is 25.8 Å². The molecule has 9 heteroatoms. The molecule has 1 fully saturated rings. The number of methoxy groups -OCH3 is 1. The summed E-state index contributed by atoms with van der Waals surface area (Å²) in [6, 6.07) is 0. The average molecular weight is 499 g/mol. The molecule has 0 aromatic rings. The quantitative estimate of drug-likeness (QED) is 0.161. The number of carbonyl (C=O) groups excluding carboxylic acids is 4. The van der Waals surface area contributed by atoms with E-state index in [0.717, 1.165) is 25.7 Å². The van der Waals surface area contributed by atoms with Crippen LogP contribution >= 0.6 is 11.6 Å². The first-order valence-electron chi connectivity index (χ1n) is 11.8. The molecule has 5 unspecified atom stereocenters. The lowest BCUT2D eigenvalue weighted by atomic mass is 9.83. The first-order chi connectivity index (χ1) is 16.1. The van der Waals surface area contributed by atoms with E-state index in [0.29, 0.717) is 12.8 Å². The maximum Gasteiger partial charge on any atom is 0.305 e. The van der Waals surface area contributed by atoms with Crippen molar-refractivity contribution in [3.63, 3.8) is 0 Å². The van der Waals surface area contributed by atoms with Gasteiger partial charge in [0.1, 0.15) is 23.9 Å². The molecule has 0 saturated carbocycles. The van der Waals surface area contributed by atoms with E-state index < -0.39 is 47.7 Å². The van der Waals surface area contributed by atoms with Crippen molar-refractivity contribution in [1.29, 1.82) is 0 Å². The number of rotatable bonds is 13. The first-order valence-corrected chi connectivity index (χ1v) is 12.2. The predicted molar refractivity (Wildman–Crippen MR) is 125 cm³/mol. The van der Waals surface area contributed by atoms with Crippen LogP contribution in [0.2, 0.25) is 0 Å². The van der Waals surface area contributed by atoms with Crippen LogP contribution in [-0.2, 0) is 38.1 Å². The van der Waals surface area contributed by atoms with E-state index in [9.17, 15) is 19.2 Å². The topological polar surface area (TPSA) is 105 Å². The zero-order chi connectivity index (χ0) is 25.3. The van der Waals surface area contributed by atoms with Crippen molar-refractivity contribution in [3.8, 4) is 0 Å². The highest BCUT2D eigenvalue weighted by Gasteiger charge is 2.63. The number of hydrogen-bond acceptors (Lipinski definition) is 8. The third-order valence-corrected chi connectivity index (χ3v) is 6.38. The lowest BCUT2D eigenvalue weighted by molar-refractivity contribution is -0.167. The molecule has 0 aromatic heterocycles. The van der Waals surface area contributed by atoms with Crippen molar-refractivity contribution >= 4 is 35.3 Å². The third-order valence-electron chi connectivity index (χ3n) is 6.08. The zero-order valence-electron chi connectivity index (χ0n) is 20.3. The Labute approximate surface area is 206 Å². The molecule has 190 valence electrons. The van der Waals surface area contributed by atoms with E-state index in [-0.39, 0.29) is 23.7 Å². The Bertz CT molecular complexity index is 820. The smallest absolute Gasteiger partial charge is 0.305 e. The van der Waals surface area contributed by atoms with Gasteiger partial charge in [-0.15, -0.1) is 0 Å². The van der Waals surface area contributed by atoms with Gasteiger partial charge in [0, 0.05) is 20.3 Å². The maximum absolute atomic E-state index is 13.0. The number of Topliss-reactive ketones (excluding diaryl/α,β-unsaturated/α-hetero) is 1. The van der Waals surface area contributed by atoms with E-state index >= 15 is 0 Å². The third kappa shape index (κ3) is 7.15. The number of allylic oxidation sites excluding steroid dienone is 2. The normalized spacial score (nSPS) is 26.8. The van der Waals surface area contributed by atoms with E-state index in [1.54, 1.807) is 6.08 Å². The Morgan fingerprint density at radius 3 is 2.53 bits per heavy atom. The lowest BCUT2D eigenvalue weighted by Gasteiger charge is -2.28. The Morgan fingerprint density at radius 2 is 1.91 bits per heavy atom. The highest BCUT2D eigenvalue weighted by atomic mass is 35.5. The number of ketones is 1. The molecule has 2 aliphatic rings. The van der Waals surface area contributed by atoms with Gasteiger partial charge in [0.15, 0.2) is 5.78 Å². The minimum Gasteiger partial charge on any atom is -0.469 e. The lowest BCUT2D eigenvalue weighted by Crippen LogP contribution is -2.43. The molecule has 0 N–H and O–H groups in total. The van der Waals surface area contributed by atoms with E-state index in [2.05, 4.69) is 11.7 Å².